The van der Waals surface area contributed by atoms with Gasteiger partial charge in [0.25, 0.3) is 0 Å². The molecule has 1 aromatic carbocycles. The highest BCUT2D eigenvalue weighted by atomic mass is 35.5. The van der Waals surface area contributed by atoms with E-state index in [-0.39, 0.29) is 0 Å². The van der Waals surface area contributed by atoms with Crippen molar-refractivity contribution in [1.29, 1.82) is 0 Å². The molecule has 0 bridgehead atoms. The first-order valence-corrected chi connectivity index (χ1v) is 6.18. The van der Waals surface area contributed by atoms with Crippen LogP contribution in [0.1, 0.15) is 24.0 Å². The fourth-order valence-electron chi connectivity index (χ4n) is 2.29. The fourth-order valence-corrected chi connectivity index (χ4v) is 2.62. The summed E-state index contributed by atoms with van der Waals surface area (Å²) in [5.41, 5.74) is 2.64. The van der Waals surface area contributed by atoms with Gasteiger partial charge >= 0.3 is 0 Å². The molecular weight excluding hydrogens is 236 g/mol. The van der Waals surface area contributed by atoms with Gasteiger partial charge in [-0.2, -0.15) is 4.99 Å². The van der Waals surface area contributed by atoms with Crippen LogP contribution in [0.2, 0.25) is 5.02 Å². The number of hydrogen-bond acceptors (Lipinski definition) is 3. The molecule has 2 rings (SSSR count). The number of halogens is 1. The van der Waals surface area contributed by atoms with Crippen LogP contribution in [-0.2, 0) is 11.3 Å². The van der Waals surface area contributed by atoms with E-state index < -0.39 is 0 Å². The Bertz CT molecular complexity index is 437. The van der Waals surface area contributed by atoms with Gasteiger partial charge in [0.15, 0.2) is 0 Å². The van der Waals surface area contributed by atoms with Crippen molar-refractivity contribution < 1.29 is 4.79 Å². The number of aryl methyl sites for hydroxylation is 1. The standard InChI is InChI=1S/C13H15ClN2O/c1-10-6-11(8-16-4-2-3-5-16)7-12(14)13(10)15-9-17/h6-7H,2-5,8H2,1H3. The third-order valence-electron chi connectivity index (χ3n) is 3.08. The average molecular weight is 251 g/mol. The number of benzene rings is 1. The van der Waals surface area contributed by atoms with Gasteiger partial charge in [0, 0.05) is 6.54 Å². The Kier molecular flexibility index (Phi) is 3.95. The first-order valence-electron chi connectivity index (χ1n) is 5.80. The summed E-state index contributed by atoms with van der Waals surface area (Å²) in [6.45, 7) is 5.15. The zero-order valence-electron chi connectivity index (χ0n) is 9.87. The lowest BCUT2D eigenvalue weighted by Gasteiger charge is -2.15. The highest BCUT2D eigenvalue weighted by molar-refractivity contribution is 6.33. The average Bonchev–Trinajstić information content (AvgIpc) is 2.76. The van der Waals surface area contributed by atoms with Crippen molar-refractivity contribution in [3.05, 3.63) is 28.3 Å². The van der Waals surface area contributed by atoms with Gasteiger partial charge in [-0.15, -0.1) is 0 Å². The van der Waals surface area contributed by atoms with Crippen LogP contribution in [0.5, 0.6) is 0 Å². The van der Waals surface area contributed by atoms with Crippen molar-refractivity contribution in [3.63, 3.8) is 0 Å². The van der Waals surface area contributed by atoms with Crippen LogP contribution in [0.15, 0.2) is 17.1 Å². The molecule has 0 saturated carbocycles. The van der Waals surface area contributed by atoms with E-state index in [4.69, 9.17) is 11.6 Å². The van der Waals surface area contributed by atoms with Crippen LogP contribution in [0.4, 0.5) is 5.69 Å². The van der Waals surface area contributed by atoms with Crippen LogP contribution in [0.3, 0.4) is 0 Å². The van der Waals surface area contributed by atoms with E-state index in [1.807, 2.05) is 19.1 Å². The van der Waals surface area contributed by atoms with Gasteiger partial charge in [-0.1, -0.05) is 17.7 Å². The van der Waals surface area contributed by atoms with Crippen molar-refractivity contribution in [2.45, 2.75) is 26.3 Å². The molecule has 17 heavy (non-hydrogen) atoms. The molecule has 0 radical (unpaired) electrons. The molecule has 1 aliphatic heterocycles. The van der Waals surface area contributed by atoms with E-state index in [1.165, 1.54) is 24.5 Å². The first-order chi connectivity index (χ1) is 8.20. The molecule has 0 aliphatic carbocycles. The molecule has 1 saturated heterocycles. The molecule has 1 heterocycles. The predicted octanol–water partition coefficient (Wildman–Crippen LogP) is 3.21. The Morgan fingerprint density at radius 2 is 2.12 bits per heavy atom. The van der Waals surface area contributed by atoms with Crippen molar-refractivity contribution in [2.75, 3.05) is 13.1 Å². The third kappa shape index (κ3) is 2.95. The maximum Gasteiger partial charge on any atom is 0.240 e. The molecule has 1 aliphatic rings. The number of isocyanates is 1. The molecule has 0 N–H and O–H groups in total. The summed E-state index contributed by atoms with van der Waals surface area (Å²) in [5, 5.41) is 0.530. The zero-order chi connectivity index (χ0) is 12.3. The lowest BCUT2D eigenvalue weighted by molar-refractivity contribution is 0.331. The Balaban J connectivity index is 2.21. The fraction of sp³-hybridized carbons (Fsp3) is 0.462. The minimum atomic E-state index is 0.530. The second-order valence-corrected chi connectivity index (χ2v) is 4.84. The summed E-state index contributed by atoms with van der Waals surface area (Å²) in [4.78, 5) is 16.3. The normalized spacial score (nSPS) is 15.9. The lowest BCUT2D eigenvalue weighted by Crippen LogP contribution is -2.18. The molecular formula is C13H15ClN2O. The maximum atomic E-state index is 10.3. The van der Waals surface area contributed by atoms with Crippen LogP contribution in [0.25, 0.3) is 0 Å². The number of carbonyl (C=O) groups excluding carboxylic acids is 1. The highest BCUT2D eigenvalue weighted by Gasteiger charge is 2.13. The molecule has 0 spiro atoms. The number of nitrogens with zero attached hydrogens (tertiary/aromatic N) is 2. The SMILES string of the molecule is Cc1cc(CN2CCCC2)cc(Cl)c1N=C=O. The van der Waals surface area contributed by atoms with E-state index in [1.54, 1.807) is 0 Å². The zero-order valence-corrected chi connectivity index (χ0v) is 10.6. The monoisotopic (exact) mass is 250 g/mol. The Morgan fingerprint density at radius 3 is 2.71 bits per heavy atom. The van der Waals surface area contributed by atoms with Crippen molar-refractivity contribution in [3.8, 4) is 0 Å². The largest absolute Gasteiger partial charge is 0.299 e. The maximum absolute atomic E-state index is 10.3. The lowest BCUT2D eigenvalue weighted by atomic mass is 10.1. The second kappa shape index (κ2) is 5.46. The van der Waals surface area contributed by atoms with Crippen LogP contribution >= 0.6 is 11.6 Å². The molecule has 1 aromatic rings. The van der Waals surface area contributed by atoms with Crippen LogP contribution < -0.4 is 0 Å². The number of rotatable bonds is 3. The summed E-state index contributed by atoms with van der Waals surface area (Å²) < 4.78 is 0. The smallest absolute Gasteiger partial charge is 0.240 e. The topological polar surface area (TPSA) is 32.7 Å². The van der Waals surface area contributed by atoms with Crippen LogP contribution in [0, 0.1) is 6.92 Å². The minimum Gasteiger partial charge on any atom is -0.299 e. The molecule has 0 aromatic heterocycles. The Labute approximate surface area is 106 Å². The summed E-state index contributed by atoms with van der Waals surface area (Å²) in [7, 11) is 0. The van der Waals surface area contributed by atoms with Crippen molar-refractivity contribution in [2.24, 2.45) is 4.99 Å². The van der Waals surface area contributed by atoms with Gasteiger partial charge in [-0.3, -0.25) is 4.90 Å². The van der Waals surface area contributed by atoms with Gasteiger partial charge in [0.05, 0.1) is 10.7 Å². The second-order valence-electron chi connectivity index (χ2n) is 4.43. The van der Waals surface area contributed by atoms with E-state index in [2.05, 4.69) is 9.89 Å². The Morgan fingerprint density at radius 1 is 1.41 bits per heavy atom. The number of likely N-dealkylation sites (tertiary alicyclic amines) is 1. The minimum absolute atomic E-state index is 0.530. The summed E-state index contributed by atoms with van der Waals surface area (Å²) >= 11 is 6.11. The van der Waals surface area contributed by atoms with Gasteiger partial charge in [-0.25, -0.2) is 4.79 Å². The highest BCUT2D eigenvalue weighted by Crippen LogP contribution is 2.30. The van der Waals surface area contributed by atoms with Crippen LogP contribution in [-0.4, -0.2) is 24.1 Å². The quantitative estimate of drug-likeness (QED) is 0.610. The summed E-state index contributed by atoms with van der Waals surface area (Å²) in [5.74, 6) is 0. The van der Waals surface area contributed by atoms with E-state index >= 15 is 0 Å². The summed E-state index contributed by atoms with van der Waals surface area (Å²) in [6, 6.07) is 3.93. The summed E-state index contributed by atoms with van der Waals surface area (Å²) in [6.07, 6.45) is 4.09. The predicted molar refractivity (Wildman–Crippen MR) is 68.5 cm³/mol. The Hall–Kier alpha value is -1.15. The van der Waals surface area contributed by atoms with Gasteiger partial charge < -0.3 is 0 Å². The van der Waals surface area contributed by atoms with E-state index in [0.29, 0.717) is 10.7 Å². The molecule has 1 fully saturated rings. The molecule has 0 unspecified atom stereocenters. The molecule has 90 valence electrons. The van der Waals surface area contributed by atoms with Gasteiger partial charge in [0.1, 0.15) is 0 Å². The number of hydrogen-bond donors (Lipinski definition) is 0. The van der Waals surface area contributed by atoms with E-state index in [9.17, 15) is 4.79 Å². The van der Waals surface area contributed by atoms with Crippen molar-refractivity contribution >= 4 is 23.4 Å². The molecule has 4 heteroatoms. The van der Waals surface area contributed by atoms with Gasteiger partial charge in [0.2, 0.25) is 6.08 Å². The molecule has 0 amide bonds. The van der Waals surface area contributed by atoms with E-state index in [0.717, 1.165) is 25.2 Å². The molecule has 0 atom stereocenters. The molecule has 3 nitrogen and oxygen atoms in total. The van der Waals surface area contributed by atoms with Crippen molar-refractivity contribution in [1.82, 2.24) is 4.90 Å². The van der Waals surface area contributed by atoms with Gasteiger partial charge in [-0.05, 0) is 50.0 Å². The third-order valence-corrected chi connectivity index (χ3v) is 3.36. The first kappa shape index (κ1) is 12.3. The number of aliphatic imine (C=N–C) groups is 1.